The van der Waals surface area contributed by atoms with Crippen molar-refractivity contribution in [3.63, 3.8) is 0 Å². The van der Waals surface area contributed by atoms with Gasteiger partial charge in [0.2, 0.25) is 0 Å². The Bertz CT molecular complexity index is 751. The van der Waals surface area contributed by atoms with Crippen molar-refractivity contribution in [2.45, 2.75) is 6.42 Å². The molecular weight excluding hydrogens is 339 g/mol. The third kappa shape index (κ3) is 2.95. The van der Waals surface area contributed by atoms with Crippen LogP contribution >= 0.6 is 15.9 Å². The zero-order valence-corrected chi connectivity index (χ0v) is 12.3. The van der Waals surface area contributed by atoms with Gasteiger partial charge in [0.25, 0.3) is 5.89 Å². The smallest absolute Gasteiger partial charge is 0.264 e. The van der Waals surface area contributed by atoms with Crippen LogP contribution in [-0.2, 0) is 6.42 Å². The summed E-state index contributed by atoms with van der Waals surface area (Å²) in [6.45, 7) is 0. The minimum Gasteiger partial charge on any atom is -0.507 e. The van der Waals surface area contributed by atoms with Crippen molar-refractivity contribution in [2.24, 2.45) is 0 Å². The monoisotopic (exact) mass is 348 g/mol. The van der Waals surface area contributed by atoms with Crippen LogP contribution in [0, 0.1) is 5.82 Å². The normalized spacial score (nSPS) is 10.8. The predicted molar refractivity (Wildman–Crippen MR) is 78.3 cm³/mol. The van der Waals surface area contributed by atoms with E-state index >= 15 is 0 Å². The highest BCUT2D eigenvalue weighted by Crippen LogP contribution is 2.30. The summed E-state index contributed by atoms with van der Waals surface area (Å²) in [6.07, 6.45) is 0.464. The summed E-state index contributed by atoms with van der Waals surface area (Å²) in [6, 6.07) is 11.7. The lowest BCUT2D eigenvalue weighted by atomic mass is 10.1. The SMILES string of the molecule is Oc1cccc(F)c1-c1nc(Cc2ccc(Br)cc2)no1. The van der Waals surface area contributed by atoms with Gasteiger partial charge in [-0.3, -0.25) is 0 Å². The number of phenols is 1. The van der Waals surface area contributed by atoms with Crippen molar-refractivity contribution in [1.82, 2.24) is 10.1 Å². The van der Waals surface area contributed by atoms with Crippen molar-refractivity contribution < 1.29 is 14.0 Å². The summed E-state index contributed by atoms with van der Waals surface area (Å²) >= 11 is 3.36. The van der Waals surface area contributed by atoms with Gasteiger partial charge in [-0.2, -0.15) is 4.98 Å². The van der Waals surface area contributed by atoms with Gasteiger partial charge in [0.05, 0.1) is 0 Å². The van der Waals surface area contributed by atoms with Gasteiger partial charge in [0, 0.05) is 10.9 Å². The molecule has 0 unspecified atom stereocenters. The van der Waals surface area contributed by atoms with Crippen molar-refractivity contribution in [3.8, 4) is 17.2 Å². The molecule has 0 saturated carbocycles. The molecule has 0 aliphatic heterocycles. The standard InChI is InChI=1S/C15H10BrFN2O2/c16-10-6-4-9(5-7-10)8-13-18-15(21-19-13)14-11(17)2-1-3-12(14)20/h1-7,20H,8H2. The van der Waals surface area contributed by atoms with E-state index in [0.29, 0.717) is 12.2 Å². The van der Waals surface area contributed by atoms with Crippen LogP contribution in [-0.4, -0.2) is 15.2 Å². The van der Waals surface area contributed by atoms with Crippen LogP contribution in [0.2, 0.25) is 0 Å². The predicted octanol–water partition coefficient (Wildman–Crippen LogP) is 3.93. The Kier molecular flexibility index (Phi) is 3.70. The maximum atomic E-state index is 13.7. The van der Waals surface area contributed by atoms with E-state index in [-0.39, 0.29) is 17.2 Å². The summed E-state index contributed by atoms with van der Waals surface area (Å²) < 4.78 is 19.7. The van der Waals surface area contributed by atoms with E-state index in [0.717, 1.165) is 10.0 Å². The molecule has 0 saturated heterocycles. The molecule has 0 aliphatic carbocycles. The fourth-order valence-electron chi connectivity index (χ4n) is 1.94. The number of hydrogen-bond donors (Lipinski definition) is 1. The maximum absolute atomic E-state index is 13.7. The van der Waals surface area contributed by atoms with Crippen LogP contribution < -0.4 is 0 Å². The molecule has 0 fully saturated rings. The Morgan fingerprint density at radius 3 is 2.62 bits per heavy atom. The van der Waals surface area contributed by atoms with Gasteiger partial charge in [0.1, 0.15) is 17.1 Å². The van der Waals surface area contributed by atoms with Crippen molar-refractivity contribution in [3.05, 3.63) is 64.1 Å². The van der Waals surface area contributed by atoms with E-state index in [9.17, 15) is 9.50 Å². The van der Waals surface area contributed by atoms with Crippen LogP contribution in [0.1, 0.15) is 11.4 Å². The number of rotatable bonds is 3. The Balaban J connectivity index is 1.88. The molecule has 0 aliphatic rings. The highest BCUT2D eigenvalue weighted by molar-refractivity contribution is 9.10. The number of aromatic nitrogens is 2. The lowest BCUT2D eigenvalue weighted by Gasteiger charge is -1.99. The van der Waals surface area contributed by atoms with Crippen LogP contribution in [0.4, 0.5) is 4.39 Å². The first-order chi connectivity index (χ1) is 10.1. The number of phenolic OH excluding ortho intramolecular Hbond substituents is 1. The van der Waals surface area contributed by atoms with E-state index < -0.39 is 5.82 Å². The van der Waals surface area contributed by atoms with Gasteiger partial charge in [-0.1, -0.05) is 39.3 Å². The zero-order valence-electron chi connectivity index (χ0n) is 10.8. The quantitative estimate of drug-likeness (QED) is 0.778. The van der Waals surface area contributed by atoms with Crippen LogP contribution in [0.25, 0.3) is 11.5 Å². The molecule has 106 valence electrons. The number of aromatic hydroxyl groups is 1. The summed E-state index contributed by atoms with van der Waals surface area (Å²) in [5.74, 6) is -0.435. The average molecular weight is 349 g/mol. The van der Waals surface area contributed by atoms with E-state index in [1.165, 1.54) is 18.2 Å². The van der Waals surface area contributed by atoms with Crippen LogP contribution in [0.3, 0.4) is 0 Å². The third-order valence-electron chi connectivity index (χ3n) is 2.95. The third-order valence-corrected chi connectivity index (χ3v) is 3.48. The first kappa shape index (κ1) is 13.8. The molecule has 0 radical (unpaired) electrons. The number of halogens is 2. The molecule has 6 heteroatoms. The minimum atomic E-state index is -0.603. The lowest BCUT2D eigenvalue weighted by Crippen LogP contribution is -1.91. The summed E-state index contributed by atoms with van der Waals surface area (Å²) in [5.41, 5.74) is 0.926. The van der Waals surface area contributed by atoms with Gasteiger partial charge in [-0.25, -0.2) is 4.39 Å². The molecule has 21 heavy (non-hydrogen) atoms. The number of hydrogen-bond acceptors (Lipinski definition) is 4. The molecule has 1 heterocycles. The molecule has 3 aromatic rings. The molecule has 4 nitrogen and oxygen atoms in total. The molecule has 0 atom stereocenters. The maximum Gasteiger partial charge on any atom is 0.264 e. The Morgan fingerprint density at radius 2 is 1.90 bits per heavy atom. The van der Waals surface area contributed by atoms with Gasteiger partial charge in [-0.05, 0) is 29.8 Å². The van der Waals surface area contributed by atoms with Crippen molar-refractivity contribution >= 4 is 15.9 Å². The van der Waals surface area contributed by atoms with Gasteiger partial charge < -0.3 is 9.63 Å². The Labute approximate surface area is 128 Å². The average Bonchev–Trinajstić information content (AvgIpc) is 2.89. The lowest BCUT2D eigenvalue weighted by molar-refractivity contribution is 0.415. The summed E-state index contributed by atoms with van der Waals surface area (Å²) in [7, 11) is 0. The number of nitrogens with zero attached hydrogens (tertiary/aromatic N) is 2. The molecule has 1 aromatic heterocycles. The van der Waals surface area contributed by atoms with Crippen molar-refractivity contribution in [2.75, 3.05) is 0 Å². The second-order valence-corrected chi connectivity index (χ2v) is 5.37. The topological polar surface area (TPSA) is 59.2 Å². The van der Waals surface area contributed by atoms with E-state index in [4.69, 9.17) is 4.52 Å². The zero-order chi connectivity index (χ0) is 14.8. The van der Waals surface area contributed by atoms with E-state index in [1.54, 1.807) is 0 Å². The van der Waals surface area contributed by atoms with Crippen LogP contribution in [0.15, 0.2) is 51.5 Å². The Morgan fingerprint density at radius 1 is 1.14 bits per heavy atom. The number of benzene rings is 2. The Hall–Kier alpha value is -2.21. The largest absolute Gasteiger partial charge is 0.507 e. The molecule has 2 aromatic carbocycles. The first-order valence-electron chi connectivity index (χ1n) is 6.18. The summed E-state index contributed by atoms with van der Waals surface area (Å²) in [4.78, 5) is 4.13. The highest BCUT2D eigenvalue weighted by Gasteiger charge is 2.17. The van der Waals surface area contributed by atoms with Gasteiger partial charge >= 0.3 is 0 Å². The second-order valence-electron chi connectivity index (χ2n) is 4.45. The first-order valence-corrected chi connectivity index (χ1v) is 6.97. The van der Waals surface area contributed by atoms with E-state index in [1.807, 2.05) is 24.3 Å². The molecule has 3 rings (SSSR count). The fourth-order valence-corrected chi connectivity index (χ4v) is 2.20. The van der Waals surface area contributed by atoms with Crippen molar-refractivity contribution in [1.29, 1.82) is 0 Å². The molecule has 0 spiro atoms. The fraction of sp³-hybridized carbons (Fsp3) is 0.0667. The van der Waals surface area contributed by atoms with Gasteiger partial charge in [-0.15, -0.1) is 0 Å². The molecular formula is C15H10BrFN2O2. The second kappa shape index (κ2) is 5.65. The van der Waals surface area contributed by atoms with Crippen LogP contribution in [0.5, 0.6) is 5.75 Å². The minimum absolute atomic E-state index is 0.0299. The summed E-state index contributed by atoms with van der Waals surface area (Å²) in [5, 5.41) is 13.5. The van der Waals surface area contributed by atoms with E-state index in [2.05, 4.69) is 26.1 Å². The van der Waals surface area contributed by atoms with Gasteiger partial charge in [0.15, 0.2) is 5.82 Å². The molecule has 0 bridgehead atoms. The molecule has 1 N–H and O–H groups in total. The molecule has 0 amide bonds. The highest BCUT2D eigenvalue weighted by atomic mass is 79.9.